The summed E-state index contributed by atoms with van der Waals surface area (Å²) in [6.07, 6.45) is 2.24. The molecule has 1 aromatic carbocycles. The summed E-state index contributed by atoms with van der Waals surface area (Å²) in [5, 5.41) is 0. The van der Waals surface area contributed by atoms with Crippen molar-refractivity contribution < 1.29 is 0 Å². The molecule has 1 saturated carbocycles. The van der Waals surface area contributed by atoms with Crippen molar-refractivity contribution in [3.63, 3.8) is 0 Å². The summed E-state index contributed by atoms with van der Waals surface area (Å²) >= 11 is 3.65. The van der Waals surface area contributed by atoms with Crippen LogP contribution in [0.3, 0.4) is 0 Å². The fourth-order valence-corrected chi connectivity index (χ4v) is 2.83. The molecule has 1 fully saturated rings. The van der Waals surface area contributed by atoms with Gasteiger partial charge in [0, 0.05) is 10.0 Å². The van der Waals surface area contributed by atoms with E-state index in [2.05, 4.69) is 54.9 Å². The Morgan fingerprint density at radius 2 is 1.87 bits per heavy atom. The number of rotatable bonds is 1. The van der Waals surface area contributed by atoms with Crippen LogP contribution in [0, 0.1) is 0 Å². The molecule has 0 heterocycles. The molecule has 0 atom stereocenters. The summed E-state index contributed by atoms with van der Waals surface area (Å²) in [5.74, 6) is 0. The van der Waals surface area contributed by atoms with E-state index in [1.54, 1.807) is 0 Å². The van der Waals surface area contributed by atoms with Crippen molar-refractivity contribution in [1.29, 1.82) is 0 Å². The van der Waals surface area contributed by atoms with Gasteiger partial charge in [0.2, 0.25) is 0 Å². The minimum absolute atomic E-state index is 0.0288. The highest BCUT2D eigenvalue weighted by Gasteiger charge is 2.40. The molecular formula is C13H18BrN. The molecule has 0 radical (unpaired) electrons. The van der Waals surface area contributed by atoms with Crippen molar-refractivity contribution in [2.24, 2.45) is 5.73 Å². The van der Waals surface area contributed by atoms with Gasteiger partial charge in [-0.1, -0.05) is 48.8 Å². The Labute approximate surface area is 100 Å². The monoisotopic (exact) mass is 267 g/mol. The highest BCUT2D eigenvalue weighted by molar-refractivity contribution is 9.10. The van der Waals surface area contributed by atoms with Crippen LogP contribution in [0.15, 0.2) is 22.7 Å². The topological polar surface area (TPSA) is 26.0 Å². The number of nitrogens with two attached hydrogens (primary N) is 1. The first-order valence-corrected chi connectivity index (χ1v) is 6.22. The van der Waals surface area contributed by atoms with Crippen LogP contribution in [0.5, 0.6) is 0 Å². The van der Waals surface area contributed by atoms with Gasteiger partial charge in [-0.25, -0.2) is 0 Å². The fraction of sp³-hybridized carbons (Fsp3) is 0.538. The lowest BCUT2D eigenvalue weighted by Gasteiger charge is -2.22. The summed E-state index contributed by atoms with van der Waals surface area (Å²) in [6, 6.07) is 6.57. The van der Waals surface area contributed by atoms with Crippen LogP contribution in [0.4, 0.5) is 0 Å². The third-order valence-electron chi connectivity index (χ3n) is 3.14. The first kappa shape index (κ1) is 11.2. The first-order valence-electron chi connectivity index (χ1n) is 5.42. The van der Waals surface area contributed by atoms with Crippen LogP contribution in [0.25, 0.3) is 0 Å². The maximum Gasteiger partial charge on any atom is 0.0411 e. The molecule has 0 aliphatic heterocycles. The Bertz CT molecular complexity index is 386. The highest BCUT2D eigenvalue weighted by atomic mass is 79.9. The minimum Gasteiger partial charge on any atom is -0.321 e. The van der Waals surface area contributed by atoms with Gasteiger partial charge in [-0.15, -0.1) is 0 Å². The molecule has 2 heteroatoms. The van der Waals surface area contributed by atoms with Crippen LogP contribution in [-0.4, -0.2) is 0 Å². The summed E-state index contributed by atoms with van der Waals surface area (Å²) in [6.45, 7) is 6.67. The zero-order chi connectivity index (χ0) is 11.3. The van der Waals surface area contributed by atoms with Crippen LogP contribution in [-0.2, 0) is 11.0 Å². The predicted molar refractivity (Wildman–Crippen MR) is 67.9 cm³/mol. The summed E-state index contributed by atoms with van der Waals surface area (Å²) in [7, 11) is 0. The second kappa shape index (κ2) is 3.33. The minimum atomic E-state index is -0.0288. The molecule has 0 saturated heterocycles. The van der Waals surface area contributed by atoms with Crippen molar-refractivity contribution in [1.82, 2.24) is 0 Å². The fourth-order valence-electron chi connectivity index (χ4n) is 1.86. The third-order valence-corrected chi connectivity index (χ3v) is 3.80. The predicted octanol–water partition coefficient (Wildman–Crippen LogP) is 3.69. The van der Waals surface area contributed by atoms with Gasteiger partial charge in [0.25, 0.3) is 0 Å². The van der Waals surface area contributed by atoms with Crippen LogP contribution >= 0.6 is 15.9 Å². The number of hydrogen-bond acceptors (Lipinski definition) is 1. The maximum atomic E-state index is 6.18. The standard InChI is InChI=1S/C13H18BrN/c1-12(2,3)10-5-4-9(8-11(10)14)13(15)6-7-13/h4-5,8H,6-7,15H2,1-3H3. The van der Waals surface area contributed by atoms with Gasteiger partial charge >= 0.3 is 0 Å². The van der Waals surface area contributed by atoms with E-state index in [9.17, 15) is 0 Å². The van der Waals surface area contributed by atoms with E-state index in [0.717, 1.165) is 12.8 Å². The van der Waals surface area contributed by atoms with E-state index in [1.807, 2.05) is 0 Å². The Balaban J connectivity index is 2.39. The summed E-state index contributed by atoms with van der Waals surface area (Å²) in [4.78, 5) is 0. The van der Waals surface area contributed by atoms with Crippen molar-refractivity contribution in [3.05, 3.63) is 33.8 Å². The largest absolute Gasteiger partial charge is 0.321 e. The molecule has 0 unspecified atom stereocenters. The molecule has 15 heavy (non-hydrogen) atoms. The first-order chi connectivity index (χ1) is 6.83. The lowest BCUT2D eigenvalue weighted by atomic mass is 9.86. The van der Waals surface area contributed by atoms with Gasteiger partial charge in [0.1, 0.15) is 0 Å². The molecule has 0 amide bonds. The van der Waals surface area contributed by atoms with Gasteiger partial charge in [-0.05, 0) is 35.4 Å². The second-order valence-corrected chi connectivity index (χ2v) is 6.46. The molecule has 2 rings (SSSR count). The van der Waals surface area contributed by atoms with Crippen molar-refractivity contribution in [2.75, 3.05) is 0 Å². The van der Waals surface area contributed by atoms with Gasteiger partial charge in [-0.2, -0.15) is 0 Å². The van der Waals surface area contributed by atoms with E-state index in [0.29, 0.717) is 0 Å². The summed E-state index contributed by atoms with van der Waals surface area (Å²) in [5.41, 5.74) is 8.94. The third kappa shape index (κ3) is 2.11. The van der Waals surface area contributed by atoms with Gasteiger partial charge in [0.05, 0.1) is 0 Å². The second-order valence-electron chi connectivity index (χ2n) is 5.60. The molecule has 1 aliphatic rings. The zero-order valence-corrected chi connectivity index (χ0v) is 11.2. The average Bonchev–Trinajstić information content (AvgIpc) is 2.82. The molecule has 0 bridgehead atoms. The zero-order valence-electron chi connectivity index (χ0n) is 9.60. The quantitative estimate of drug-likeness (QED) is 0.825. The van der Waals surface area contributed by atoms with Crippen molar-refractivity contribution in [3.8, 4) is 0 Å². The molecule has 1 aliphatic carbocycles. The molecule has 0 aromatic heterocycles. The Morgan fingerprint density at radius 3 is 2.27 bits per heavy atom. The lowest BCUT2D eigenvalue weighted by molar-refractivity contribution is 0.586. The van der Waals surface area contributed by atoms with E-state index >= 15 is 0 Å². The van der Waals surface area contributed by atoms with Gasteiger partial charge in [-0.3, -0.25) is 0 Å². The van der Waals surface area contributed by atoms with E-state index < -0.39 is 0 Å². The number of hydrogen-bond donors (Lipinski definition) is 1. The van der Waals surface area contributed by atoms with Gasteiger partial charge < -0.3 is 5.73 Å². The Hall–Kier alpha value is -0.340. The molecule has 2 N–H and O–H groups in total. The average molecular weight is 268 g/mol. The van der Waals surface area contributed by atoms with E-state index in [1.165, 1.54) is 15.6 Å². The van der Waals surface area contributed by atoms with E-state index in [-0.39, 0.29) is 11.0 Å². The Morgan fingerprint density at radius 1 is 1.27 bits per heavy atom. The Kier molecular flexibility index (Phi) is 2.47. The van der Waals surface area contributed by atoms with E-state index in [4.69, 9.17) is 5.73 Å². The lowest BCUT2D eigenvalue weighted by Crippen LogP contribution is -2.19. The molecule has 1 aromatic rings. The highest BCUT2D eigenvalue weighted by Crippen LogP contribution is 2.44. The summed E-state index contributed by atoms with van der Waals surface area (Å²) < 4.78 is 1.18. The molecular weight excluding hydrogens is 250 g/mol. The number of benzene rings is 1. The number of halogens is 1. The van der Waals surface area contributed by atoms with Crippen molar-refractivity contribution >= 4 is 15.9 Å². The SMILES string of the molecule is CC(C)(C)c1ccc(C2(N)CC2)cc1Br. The molecule has 1 nitrogen and oxygen atoms in total. The van der Waals surface area contributed by atoms with Crippen LogP contribution < -0.4 is 5.73 Å². The van der Waals surface area contributed by atoms with Crippen LogP contribution in [0.2, 0.25) is 0 Å². The van der Waals surface area contributed by atoms with Crippen molar-refractivity contribution in [2.45, 2.75) is 44.6 Å². The van der Waals surface area contributed by atoms with Crippen LogP contribution in [0.1, 0.15) is 44.7 Å². The maximum absolute atomic E-state index is 6.18. The molecule has 0 spiro atoms. The van der Waals surface area contributed by atoms with Gasteiger partial charge in [0.15, 0.2) is 0 Å². The smallest absolute Gasteiger partial charge is 0.0411 e. The normalized spacial score (nSPS) is 19.0. The molecule has 82 valence electrons.